The first kappa shape index (κ1) is 11.6. The Morgan fingerprint density at radius 3 is 2.94 bits per heavy atom. The second-order valence-electron chi connectivity index (χ2n) is 4.02. The highest BCUT2D eigenvalue weighted by Gasteiger charge is 2.18. The molecule has 0 aliphatic carbocycles. The van der Waals surface area contributed by atoms with Crippen molar-refractivity contribution in [2.45, 2.75) is 26.7 Å². The largest absolute Gasteiger partial charge is 0.494 e. The fourth-order valence-corrected chi connectivity index (χ4v) is 1.76. The molecule has 1 aliphatic heterocycles. The average molecular weight is 233 g/mol. The fourth-order valence-electron chi connectivity index (χ4n) is 1.76. The van der Waals surface area contributed by atoms with Crippen molar-refractivity contribution >= 4 is 11.7 Å². The van der Waals surface area contributed by atoms with Gasteiger partial charge in [0.25, 0.3) is 0 Å². The number of rotatable bonds is 4. The molecule has 1 aliphatic rings. The molecule has 1 aromatic carbocycles. The highest BCUT2D eigenvalue weighted by molar-refractivity contribution is 6.02. The Balaban J connectivity index is 2.17. The highest BCUT2D eigenvalue weighted by atomic mass is 16.7. The molecule has 4 nitrogen and oxygen atoms in total. The van der Waals surface area contributed by atoms with Gasteiger partial charge in [-0.15, -0.1) is 0 Å². The van der Waals surface area contributed by atoms with Gasteiger partial charge in [0, 0.05) is 6.42 Å². The number of aryl methyl sites for hydroxylation is 1. The molecule has 0 atom stereocenters. The van der Waals surface area contributed by atoms with E-state index in [-0.39, 0.29) is 12.4 Å². The topological polar surface area (TPSA) is 47.9 Å². The van der Waals surface area contributed by atoms with Crippen molar-refractivity contribution in [3.05, 3.63) is 29.3 Å². The summed E-state index contributed by atoms with van der Waals surface area (Å²) in [4.78, 5) is 15.5. The van der Waals surface area contributed by atoms with Gasteiger partial charge in [0.1, 0.15) is 5.75 Å². The molecule has 4 heteroatoms. The van der Waals surface area contributed by atoms with Crippen LogP contribution >= 0.6 is 0 Å². The second kappa shape index (κ2) is 4.99. The molecule has 0 spiro atoms. The van der Waals surface area contributed by atoms with Gasteiger partial charge in [-0.2, -0.15) is 0 Å². The lowest BCUT2D eigenvalue weighted by Gasteiger charge is -2.10. The van der Waals surface area contributed by atoms with E-state index in [9.17, 15) is 4.79 Å². The van der Waals surface area contributed by atoms with Gasteiger partial charge in [-0.05, 0) is 31.0 Å². The minimum absolute atomic E-state index is 0.277. The molecule has 0 saturated heterocycles. The lowest BCUT2D eigenvalue weighted by molar-refractivity contribution is -0.140. The molecule has 0 radical (unpaired) electrons. The van der Waals surface area contributed by atoms with Gasteiger partial charge in [0.2, 0.25) is 0 Å². The van der Waals surface area contributed by atoms with Crippen LogP contribution < -0.4 is 4.74 Å². The number of carbonyl (C=O) groups excluding carboxylic acids is 1. The van der Waals surface area contributed by atoms with E-state index >= 15 is 0 Å². The van der Waals surface area contributed by atoms with Crippen molar-refractivity contribution in [2.75, 3.05) is 6.61 Å². The quantitative estimate of drug-likeness (QED) is 0.749. The molecule has 1 heterocycles. The molecule has 0 N–H and O–H groups in total. The van der Waals surface area contributed by atoms with E-state index in [0.29, 0.717) is 13.0 Å². The van der Waals surface area contributed by atoms with Crippen LogP contribution in [-0.4, -0.2) is 18.3 Å². The van der Waals surface area contributed by atoms with Crippen LogP contribution in [0.4, 0.5) is 0 Å². The zero-order valence-electron chi connectivity index (χ0n) is 10.0. The third kappa shape index (κ3) is 2.84. The Morgan fingerprint density at radius 1 is 1.47 bits per heavy atom. The fraction of sp³-hybridized carbons (Fsp3) is 0.385. The van der Waals surface area contributed by atoms with Crippen LogP contribution in [-0.2, 0) is 16.1 Å². The van der Waals surface area contributed by atoms with Crippen molar-refractivity contribution in [2.24, 2.45) is 5.16 Å². The third-order valence-electron chi connectivity index (χ3n) is 2.54. The van der Waals surface area contributed by atoms with Crippen LogP contribution in [0.25, 0.3) is 0 Å². The van der Waals surface area contributed by atoms with Crippen molar-refractivity contribution in [1.29, 1.82) is 0 Å². The maximum absolute atomic E-state index is 10.9. The van der Waals surface area contributed by atoms with E-state index < -0.39 is 0 Å². The van der Waals surface area contributed by atoms with Gasteiger partial charge >= 0.3 is 5.97 Å². The van der Waals surface area contributed by atoms with Gasteiger partial charge < -0.3 is 9.57 Å². The van der Waals surface area contributed by atoms with Crippen LogP contribution in [0, 0.1) is 6.92 Å². The van der Waals surface area contributed by atoms with Crippen molar-refractivity contribution < 1.29 is 14.4 Å². The molecular formula is C13H15NO3. The van der Waals surface area contributed by atoms with E-state index in [0.717, 1.165) is 22.6 Å². The highest BCUT2D eigenvalue weighted by Crippen LogP contribution is 2.22. The molecular weight excluding hydrogens is 218 g/mol. The summed E-state index contributed by atoms with van der Waals surface area (Å²) in [5, 5.41) is 3.75. The molecule has 0 bridgehead atoms. The summed E-state index contributed by atoms with van der Waals surface area (Å²) in [5.41, 5.74) is 2.94. The van der Waals surface area contributed by atoms with Crippen LogP contribution in [0.2, 0.25) is 0 Å². The zero-order valence-corrected chi connectivity index (χ0v) is 10.0. The van der Waals surface area contributed by atoms with Gasteiger partial charge in [-0.3, -0.25) is 0 Å². The van der Waals surface area contributed by atoms with E-state index in [4.69, 9.17) is 4.74 Å². The number of hydrogen-bond donors (Lipinski definition) is 0. The number of hydrogen-bond acceptors (Lipinski definition) is 4. The molecule has 2 rings (SSSR count). The van der Waals surface area contributed by atoms with Gasteiger partial charge in [-0.25, -0.2) is 4.79 Å². The zero-order chi connectivity index (χ0) is 12.3. The van der Waals surface area contributed by atoms with Crippen molar-refractivity contribution in [1.82, 2.24) is 0 Å². The molecule has 1 aromatic rings. The van der Waals surface area contributed by atoms with E-state index in [1.54, 1.807) is 0 Å². The first-order valence-electron chi connectivity index (χ1n) is 5.67. The first-order valence-corrected chi connectivity index (χ1v) is 5.67. The minimum atomic E-state index is -0.287. The van der Waals surface area contributed by atoms with Gasteiger partial charge in [0.05, 0.1) is 18.7 Å². The summed E-state index contributed by atoms with van der Waals surface area (Å²) in [6.45, 7) is 4.59. The molecule has 0 fully saturated rings. The molecule has 0 aromatic heterocycles. The Hall–Kier alpha value is -1.84. The summed E-state index contributed by atoms with van der Waals surface area (Å²) in [5.74, 6) is 0.569. The SMILES string of the molecule is CCOc1cc(C)ccc1CC1=NOC(=O)C1. The average Bonchev–Trinajstić information content (AvgIpc) is 2.69. The molecule has 0 amide bonds. The lowest BCUT2D eigenvalue weighted by atomic mass is 10.0. The summed E-state index contributed by atoms with van der Waals surface area (Å²) in [6, 6.07) is 6.03. The smallest absolute Gasteiger partial charge is 0.340 e. The summed E-state index contributed by atoms with van der Waals surface area (Å²) in [7, 11) is 0. The number of oxime groups is 1. The maximum atomic E-state index is 10.9. The summed E-state index contributed by atoms with van der Waals surface area (Å²) < 4.78 is 5.57. The first-order chi connectivity index (χ1) is 8.19. The predicted octanol–water partition coefficient (Wildman–Crippen LogP) is 2.24. The van der Waals surface area contributed by atoms with Crippen LogP contribution in [0.1, 0.15) is 24.5 Å². The van der Waals surface area contributed by atoms with Crippen LogP contribution in [0.5, 0.6) is 5.75 Å². The van der Waals surface area contributed by atoms with Crippen LogP contribution in [0.3, 0.4) is 0 Å². The Labute approximate surface area is 100 Å². The molecule has 0 unspecified atom stereocenters. The number of ether oxygens (including phenoxy) is 1. The molecule has 17 heavy (non-hydrogen) atoms. The Morgan fingerprint density at radius 2 is 2.29 bits per heavy atom. The van der Waals surface area contributed by atoms with Gasteiger partial charge in [0.15, 0.2) is 0 Å². The van der Waals surface area contributed by atoms with Gasteiger partial charge in [-0.1, -0.05) is 17.3 Å². The minimum Gasteiger partial charge on any atom is -0.494 e. The third-order valence-corrected chi connectivity index (χ3v) is 2.54. The summed E-state index contributed by atoms with van der Waals surface area (Å²) in [6.07, 6.45) is 0.876. The van der Waals surface area contributed by atoms with Crippen molar-refractivity contribution in [3.8, 4) is 5.75 Å². The Bertz CT molecular complexity index is 466. The number of nitrogens with zero attached hydrogens (tertiary/aromatic N) is 1. The van der Waals surface area contributed by atoms with E-state index in [2.05, 4.69) is 9.99 Å². The second-order valence-corrected chi connectivity index (χ2v) is 4.02. The maximum Gasteiger partial charge on any atom is 0.340 e. The Kier molecular flexibility index (Phi) is 3.42. The number of benzene rings is 1. The standard InChI is InChI=1S/C13H15NO3/c1-3-16-12-6-9(2)4-5-10(12)7-11-8-13(15)17-14-11/h4-6H,3,7-8H2,1-2H3. The lowest BCUT2D eigenvalue weighted by Crippen LogP contribution is -2.05. The van der Waals surface area contributed by atoms with E-state index in [1.165, 1.54) is 0 Å². The predicted molar refractivity (Wildman–Crippen MR) is 64.2 cm³/mol. The number of carbonyl (C=O) groups is 1. The summed E-state index contributed by atoms with van der Waals surface area (Å²) >= 11 is 0. The monoisotopic (exact) mass is 233 g/mol. The molecule has 90 valence electrons. The normalized spacial score (nSPS) is 14.5. The van der Waals surface area contributed by atoms with Crippen molar-refractivity contribution in [3.63, 3.8) is 0 Å². The van der Waals surface area contributed by atoms with E-state index in [1.807, 2.05) is 32.0 Å². The molecule has 0 saturated carbocycles. The van der Waals surface area contributed by atoms with Crippen LogP contribution in [0.15, 0.2) is 23.4 Å².